The molecule has 0 radical (unpaired) electrons. The molecule has 2 aromatic rings. The van der Waals surface area contributed by atoms with E-state index in [9.17, 15) is 4.79 Å². The van der Waals surface area contributed by atoms with Gasteiger partial charge in [0.15, 0.2) is 0 Å². The van der Waals surface area contributed by atoms with E-state index in [2.05, 4.69) is 5.32 Å². The first kappa shape index (κ1) is 17.3. The van der Waals surface area contributed by atoms with Crippen LogP contribution in [0.4, 0.5) is 0 Å². The molecule has 0 fully saturated rings. The van der Waals surface area contributed by atoms with E-state index in [1.165, 1.54) is 0 Å². The topological polar surface area (TPSA) is 64.3 Å². The molecule has 0 aliphatic rings. The van der Waals surface area contributed by atoms with Gasteiger partial charge >= 0.3 is 0 Å². The first-order valence-electron chi connectivity index (χ1n) is 6.71. The van der Waals surface area contributed by atoms with Gasteiger partial charge in [0.25, 0.3) is 0 Å². The van der Waals surface area contributed by atoms with Gasteiger partial charge in [0.1, 0.15) is 5.75 Å². The number of nitrogens with one attached hydrogen (secondary N) is 1. The summed E-state index contributed by atoms with van der Waals surface area (Å²) in [4.78, 5) is 12.0. The lowest BCUT2D eigenvalue weighted by atomic mass is 9.97. The second kappa shape index (κ2) is 7.86. The standard InChI is InChI=1S/C16H20N2O2.ClH/c1-11(16(19)18-8-7-17)12-3-4-14-10-15(20-2)6-5-13(14)9-12;/h3-6,9-11H,7-8,17H2,1-2H3,(H,18,19);1H. The van der Waals surface area contributed by atoms with Gasteiger partial charge in [-0.3, -0.25) is 4.79 Å². The van der Waals surface area contributed by atoms with Gasteiger partial charge in [-0.2, -0.15) is 0 Å². The van der Waals surface area contributed by atoms with Crippen molar-refractivity contribution in [2.24, 2.45) is 5.73 Å². The van der Waals surface area contributed by atoms with Gasteiger partial charge in [0.2, 0.25) is 5.91 Å². The zero-order valence-electron chi connectivity index (χ0n) is 12.3. The van der Waals surface area contributed by atoms with E-state index in [0.717, 1.165) is 22.1 Å². The summed E-state index contributed by atoms with van der Waals surface area (Å²) in [5, 5.41) is 5.01. The fourth-order valence-electron chi connectivity index (χ4n) is 2.14. The van der Waals surface area contributed by atoms with E-state index in [1.807, 2.05) is 43.3 Å². The highest BCUT2D eigenvalue weighted by molar-refractivity contribution is 5.88. The van der Waals surface area contributed by atoms with Crippen LogP contribution in [0.3, 0.4) is 0 Å². The highest BCUT2D eigenvalue weighted by Crippen LogP contribution is 2.25. The van der Waals surface area contributed by atoms with Crippen molar-refractivity contribution in [2.75, 3.05) is 20.2 Å². The molecule has 0 heterocycles. The van der Waals surface area contributed by atoms with Crippen molar-refractivity contribution in [3.05, 3.63) is 42.0 Å². The van der Waals surface area contributed by atoms with Crippen molar-refractivity contribution in [3.63, 3.8) is 0 Å². The normalized spacial score (nSPS) is 11.6. The molecule has 5 heteroatoms. The minimum Gasteiger partial charge on any atom is -0.497 e. The van der Waals surface area contributed by atoms with Crippen molar-refractivity contribution in [3.8, 4) is 5.75 Å². The molecule has 1 atom stereocenters. The number of carbonyl (C=O) groups excluding carboxylic acids is 1. The Morgan fingerprint density at radius 3 is 2.57 bits per heavy atom. The van der Waals surface area contributed by atoms with E-state index in [4.69, 9.17) is 10.5 Å². The average molecular weight is 309 g/mol. The van der Waals surface area contributed by atoms with E-state index >= 15 is 0 Å². The number of ether oxygens (including phenoxy) is 1. The quantitative estimate of drug-likeness (QED) is 0.891. The van der Waals surface area contributed by atoms with Gasteiger partial charge in [0.05, 0.1) is 13.0 Å². The molecule has 21 heavy (non-hydrogen) atoms. The molecule has 0 aliphatic heterocycles. The van der Waals surface area contributed by atoms with Gasteiger partial charge in [-0.1, -0.05) is 24.3 Å². The monoisotopic (exact) mass is 308 g/mol. The van der Waals surface area contributed by atoms with Gasteiger partial charge < -0.3 is 15.8 Å². The molecule has 0 aromatic heterocycles. The van der Waals surface area contributed by atoms with Crippen LogP contribution < -0.4 is 15.8 Å². The Hall–Kier alpha value is -1.78. The maximum Gasteiger partial charge on any atom is 0.227 e. The Balaban J connectivity index is 0.00000220. The summed E-state index contributed by atoms with van der Waals surface area (Å²) < 4.78 is 5.21. The van der Waals surface area contributed by atoms with Gasteiger partial charge in [-0.05, 0) is 35.4 Å². The molecule has 114 valence electrons. The Labute approximate surface area is 131 Å². The summed E-state index contributed by atoms with van der Waals surface area (Å²) in [7, 11) is 1.65. The largest absolute Gasteiger partial charge is 0.497 e. The van der Waals surface area contributed by atoms with Crippen molar-refractivity contribution in [2.45, 2.75) is 12.8 Å². The Bertz CT molecular complexity index is 616. The summed E-state index contributed by atoms with van der Waals surface area (Å²) in [6.07, 6.45) is 0. The third-order valence-electron chi connectivity index (χ3n) is 3.41. The lowest BCUT2D eigenvalue weighted by Crippen LogP contribution is -2.32. The van der Waals surface area contributed by atoms with Gasteiger partial charge in [-0.25, -0.2) is 0 Å². The molecule has 0 aliphatic carbocycles. The molecule has 1 amide bonds. The van der Waals surface area contributed by atoms with Crippen LogP contribution >= 0.6 is 12.4 Å². The summed E-state index contributed by atoms with van der Waals surface area (Å²) in [6.45, 7) is 2.86. The Morgan fingerprint density at radius 1 is 1.24 bits per heavy atom. The maximum absolute atomic E-state index is 12.0. The first-order chi connectivity index (χ1) is 9.65. The lowest BCUT2D eigenvalue weighted by molar-refractivity contribution is -0.122. The number of rotatable bonds is 5. The molecule has 2 rings (SSSR count). The van der Waals surface area contributed by atoms with Crippen LogP contribution in [0.1, 0.15) is 18.4 Å². The molecule has 0 spiro atoms. The summed E-state index contributed by atoms with van der Waals surface area (Å²) >= 11 is 0. The van der Waals surface area contributed by atoms with E-state index < -0.39 is 0 Å². The van der Waals surface area contributed by atoms with Crippen molar-refractivity contribution < 1.29 is 9.53 Å². The second-order valence-electron chi connectivity index (χ2n) is 4.77. The predicted octanol–water partition coefficient (Wildman–Crippen LogP) is 2.45. The van der Waals surface area contributed by atoms with Crippen molar-refractivity contribution >= 4 is 29.1 Å². The molecule has 0 bridgehead atoms. The fourth-order valence-corrected chi connectivity index (χ4v) is 2.14. The number of methoxy groups -OCH3 is 1. The Morgan fingerprint density at radius 2 is 1.90 bits per heavy atom. The zero-order chi connectivity index (χ0) is 14.5. The number of nitrogens with two attached hydrogens (primary N) is 1. The van der Waals surface area contributed by atoms with Crippen LogP contribution in [-0.2, 0) is 4.79 Å². The molecule has 2 aromatic carbocycles. The van der Waals surface area contributed by atoms with Crippen LogP contribution in [0.25, 0.3) is 10.8 Å². The SMILES string of the molecule is COc1ccc2cc(C(C)C(=O)NCCN)ccc2c1.Cl. The van der Waals surface area contributed by atoms with Crippen LogP contribution in [0.5, 0.6) is 5.75 Å². The number of benzene rings is 2. The first-order valence-corrected chi connectivity index (χ1v) is 6.71. The molecular formula is C16H21ClN2O2. The van der Waals surface area contributed by atoms with E-state index in [-0.39, 0.29) is 24.2 Å². The van der Waals surface area contributed by atoms with E-state index in [0.29, 0.717) is 13.1 Å². The van der Waals surface area contributed by atoms with E-state index in [1.54, 1.807) is 7.11 Å². The lowest BCUT2D eigenvalue weighted by Gasteiger charge is -2.13. The maximum atomic E-state index is 12.0. The smallest absolute Gasteiger partial charge is 0.227 e. The number of halogens is 1. The summed E-state index contributed by atoms with van der Waals surface area (Å²) in [5.74, 6) is 0.648. The third-order valence-corrected chi connectivity index (χ3v) is 3.41. The molecule has 0 saturated carbocycles. The number of hydrogen-bond acceptors (Lipinski definition) is 3. The highest BCUT2D eigenvalue weighted by Gasteiger charge is 2.14. The predicted molar refractivity (Wildman–Crippen MR) is 88.2 cm³/mol. The van der Waals surface area contributed by atoms with Gasteiger partial charge in [-0.15, -0.1) is 12.4 Å². The van der Waals surface area contributed by atoms with Crippen LogP contribution in [0, 0.1) is 0 Å². The minimum absolute atomic E-state index is 0. The fraction of sp³-hybridized carbons (Fsp3) is 0.312. The zero-order valence-corrected chi connectivity index (χ0v) is 13.1. The molecule has 3 N–H and O–H groups in total. The molecule has 1 unspecified atom stereocenters. The molecule has 4 nitrogen and oxygen atoms in total. The number of hydrogen-bond donors (Lipinski definition) is 2. The van der Waals surface area contributed by atoms with Crippen LogP contribution in [0.15, 0.2) is 36.4 Å². The highest BCUT2D eigenvalue weighted by atomic mass is 35.5. The minimum atomic E-state index is -0.187. The van der Waals surface area contributed by atoms with Crippen molar-refractivity contribution in [1.29, 1.82) is 0 Å². The summed E-state index contributed by atoms with van der Waals surface area (Å²) in [5.41, 5.74) is 6.39. The second-order valence-corrected chi connectivity index (χ2v) is 4.77. The number of amides is 1. The van der Waals surface area contributed by atoms with Gasteiger partial charge in [0, 0.05) is 13.1 Å². The van der Waals surface area contributed by atoms with Crippen molar-refractivity contribution in [1.82, 2.24) is 5.32 Å². The average Bonchev–Trinajstić information content (AvgIpc) is 2.50. The molecule has 0 saturated heterocycles. The summed E-state index contributed by atoms with van der Waals surface area (Å²) in [6, 6.07) is 11.9. The Kier molecular flexibility index (Phi) is 6.46. The van der Waals surface area contributed by atoms with Crippen LogP contribution in [-0.4, -0.2) is 26.1 Å². The molecular weight excluding hydrogens is 288 g/mol. The third kappa shape index (κ3) is 4.09. The van der Waals surface area contributed by atoms with Crippen LogP contribution in [0.2, 0.25) is 0 Å². The number of carbonyl (C=O) groups is 1. The number of fused-ring (bicyclic) bond motifs is 1.